The molecule has 1 aliphatic heterocycles. The third-order valence-electron chi connectivity index (χ3n) is 5.61. The van der Waals surface area contributed by atoms with Gasteiger partial charge in [0.15, 0.2) is 5.11 Å². The smallest absolute Gasteiger partial charge is 0.258 e. The predicted molar refractivity (Wildman–Crippen MR) is 135 cm³/mol. The molecule has 0 saturated carbocycles. The number of nitrogens with one attached hydrogen (secondary N) is 1. The number of ether oxygens (including phenoxy) is 1. The molecular weight excluding hydrogens is 456 g/mol. The molecule has 1 atom stereocenters. The van der Waals surface area contributed by atoms with Gasteiger partial charge in [0.05, 0.1) is 18.2 Å². The summed E-state index contributed by atoms with van der Waals surface area (Å²) in [5, 5.41) is 9.08. The summed E-state index contributed by atoms with van der Waals surface area (Å²) >= 11 is 11.8. The third-order valence-corrected chi connectivity index (χ3v) is 6.21. The van der Waals surface area contributed by atoms with E-state index >= 15 is 0 Å². The van der Waals surface area contributed by atoms with Crippen LogP contribution in [-0.4, -0.2) is 33.3 Å². The van der Waals surface area contributed by atoms with Crippen molar-refractivity contribution in [3.05, 3.63) is 70.7 Å². The Balaban J connectivity index is 1.75. The van der Waals surface area contributed by atoms with E-state index in [0.29, 0.717) is 28.5 Å². The standard InChI is InChI=1S/C25H27ClN4O2S/c1-4-6-15-30-16(3)21(24-28-23(29-32-24)18-7-11-19(26)12-8-18)22(27-25(30)33)17-9-13-20(14-10-17)31-5-2/h7-14,22H,4-6,15H2,1-3H3,(H,27,33). The Morgan fingerprint density at radius 2 is 1.85 bits per heavy atom. The summed E-state index contributed by atoms with van der Waals surface area (Å²) in [5.74, 6) is 1.81. The number of thiocarbonyl (C=S) groups is 1. The number of unbranched alkanes of at least 4 members (excludes halogenated alkanes) is 1. The molecule has 0 spiro atoms. The van der Waals surface area contributed by atoms with Crippen LogP contribution in [0.25, 0.3) is 17.0 Å². The molecule has 3 aromatic rings. The molecule has 6 nitrogen and oxygen atoms in total. The first-order valence-electron chi connectivity index (χ1n) is 11.1. The van der Waals surface area contributed by atoms with Gasteiger partial charge >= 0.3 is 0 Å². The van der Waals surface area contributed by atoms with Gasteiger partial charge in [0.2, 0.25) is 5.82 Å². The normalized spacial score (nSPS) is 16.2. The molecule has 8 heteroatoms. The maximum Gasteiger partial charge on any atom is 0.258 e. The highest BCUT2D eigenvalue weighted by atomic mass is 35.5. The second-order valence-electron chi connectivity index (χ2n) is 7.82. The Labute approximate surface area is 204 Å². The van der Waals surface area contributed by atoms with E-state index in [1.807, 2.05) is 55.5 Å². The minimum Gasteiger partial charge on any atom is -0.494 e. The summed E-state index contributed by atoms with van der Waals surface area (Å²) in [4.78, 5) is 6.85. The first kappa shape index (κ1) is 23.3. The molecule has 0 radical (unpaired) electrons. The van der Waals surface area contributed by atoms with E-state index in [0.717, 1.165) is 47.5 Å². The quantitative estimate of drug-likeness (QED) is 0.380. The van der Waals surface area contributed by atoms with E-state index in [1.54, 1.807) is 0 Å². The fraction of sp³-hybridized carbons (Fsp3) is 0.320. The van der Waals surface area contributed by atoms with Crippen molar-refractivity contribution in [2.75, 3.05) is 13.2 Å². The molecule has 0 fully saturated rings. The molecule has 0 saturated heterocycles. The maximum absolute atomic E-state index is 6.03. The summed E-state index contributed by atoms with van der Waals surface area (Å²) in [7, 11) is 0. The SMILES string of the molecule is CCCCN1C(=S)NC(c2ccc(OCC)cc2)C(c2nc(-c3ccc(Cl)cc3)no2)=C1C. The van der Waals surface area contributed by atoms with E-state index in [4.69, 9.17) is 38.1 Å². The number of nitrogens with zero attached hydrogens (tertiary/aromatic N) is 3. The number of aromatic nitrogens is 2. The molecule has 1 unspecified atom stereocenters. The maximum atomic E-state index is 6.03. The van der Waals surface area contributed by atoms with Crippen LogP contribution in [0.3, 0.4) is 0 Å². The number of hydrogen-bond donors (Lipinski definition) is 1. The van der Waals surface area contributed by atoms with Gasteiger partial charge in [0, 0.05) is 22.8 Å². The first-order chi connectivity index (χ1) is 16.0. The molecule has 0 aliphatic carbocycles. The fourth-order valence-electron chi connectivity index (χ4n) is 3.87. The van der Waals surface area contributed by atoms with Crippen molar-refractivity contribution in [1.82, 2.24) is 20.4 Å². The van der Waals surface area contributed by atoms with Gasteiger partial charge in [0.25, 0.3) is 5.89 Å². The summed E-state index contributed by atoms with van der Waals surface area (Å²) in [6.45, 7) is 7.65. The van der Waals surface area contributed by atoms with Crippen molar-refractivity contribution >= 4 is 34.5 Å². The molecule has 2 aromatic carbocycles. The van der Waals surface area contributed by atoms with E-state index in [2.05, 4.69) is 29.2 Å². The lowest BCUT2D eigenvalue weighted by molar-refractivity contribution is 0.340. The van der Waals surface area contributed by atoms with Crippen molar-refractivity contribution < 1.29 is 9.26 Å². The number of halogens is 1. The zero-order valence-corrected chi connectivity index (χ0v) is 20.5. The van der Waals surface area contributed by atoms with Gasteiger partial charge < -0.3 is 19.5 Å². The molecule has 1 aromatic heterocycles. The Morgan fingerprint density at radius 3 is 2.52 bits per heavy atom. The Morgan fingerprint density at radius 1 is 1.12 bits per heavy atom. The van der Waals surface area contributed by atoms with Gasteiger partial charge in [0.1, 0.15) is 5.75 Å². The lowest BCUT2D eigenvalue weighted by Crippen LogP contribution is -2.46. The van der Waals surface area contributed by atoms with E-state index in [1.165, 1.54) is 0 Å². The topological polar surface area (TPSA) is 63.4 Å². The highest BCUT2D eigenvalue weighted by molar-refractivity contribution is 7.80. The molecule has 1 N–H and O–H groups in total. The van der Waals surface area contributed by atoms with Gasteiger partial charge in [-0.05, 0) is 74.4 Å². The molecule has 0 bridgehead atoms. The monoisotopic (exact) mass is 482 g/mol. The van der Waals surface area contributed by atoms with Gasteiger partial charge in [-0.25, -0.2) is 0 Å². The van der Waals surface area contributed by atoms with Gasteiger partial charge in [-0.1, -0.05) is 42.2 Å². The van der Waals surface area contributed by atoms with Crippen LogP contribution in [0.5, 0.6) is 5.75 Å². The van der Waals surface area contributed by atoms with Crippen LogP contribution in [0.2, 0.25) is 5.02 Å². The summed E-state index contributed by atoms with van der Waals surface area (Å²) in [5.41, 5.74) is 3.80. The molecule has 4 rings (SSSR count). The number of hydrogen-bond acceptors (Lipinski definition) is 5. The molecule has 1 aliphatic rings. The summed E-state index contributed by atoms with van der Waals surface area (Å²) in [6.07, 6.45) is 2.10. The minimum absolute atomic E-state index is 0.218. The lowest BCUT2D eigenvalue weighted by Gasteiger charge is -2.37. The Kier molecular flexibility index (Phi) is 7.30. The molecule has 2 heterocycles. The van der Waals surface area contributed by atoms with Crippen LogP contribution >= 0.6 is 23.8 Å². The van der Waals surface area contributed by atoms with Crippen molar-refractivity contribution in [3.8, 4) is 17.1 Å². The number of allylic oxidation sites excluding steroid dienone is 1. The van der Waals surface area contributed by atoms with Crippen LogP contribution in [0.15, 0.2) is 58.8 Å². The van der Waals surface area contributed by atoms with Gasteiger partial charge in [-0.15, -0.1) is 0 Å². The minimum atomic E-state index is -0.218. The van der Waals surface area contributed by atoms with Crippen LogP contribution < -0.4 is 10.1 Å². The van der Waals surface area contributed by atoms with Crippen molar-refractivity contribution in [3.63, 3.8) is 0 Å². The van der Waals surface area contributed by atoms with Crippen LogP contribution in [-0.2, 0) is 0 Å². The first-order valence-corrected chi connectivity index (χ1v) is 11.9. The van der Waals surface area contributed by atoms with Crippen LogP contribution in [0, 0.1) is 0 Å². The van der Waals surface area contributed by atoms with E-state index in [-0.39, 0.29) is 6.04 Å². The highest BCUT2D eigenvalue weighted by Gasteiger charge is 2.33. The molecule has 0 amide bonds. The fourth-order valence-corrected chi connectivity index (χ4v) is 4.34. The van der Waals surface area contributed by atoms with Gasteiger partial charge in [-0.3, -0.25) is 0 Å². The van der Waals surface area contributed by atoms with Crippen molar-refractivity contribution in [2.24, 2.45) is 0 Å². The van der Waals surface area contributed by atoms with Crippen molar-refractivity contribution in [2.45, 2.75) is 39.7 Å². The zero-order chi connectivity index (χ0) is 23.4. The molecular formula is C25H27ClN4O2S. The average molecular weight is 483 g/mol. The summed E-state index contributed by atoms with van der Waals surface area (Å²) < 4.78 is 11.4. The lowest BCUT2D eigenvalue weighted by atomic mass is 9.94. The summed E-state index contributed by atoms with van der Waals surface area (Å²) in [6, 6.07) is 15.2. The highest BCUT2D eigenvalue weighted by Crippen LogP contribution is 2.38. The van der Waals surface area contributed by atoms with E-state index in [9.17, 15) is 0 Å². The second kappa shape index (κ2) is 10.4. The second-order valence-corrected chi connectivity index (χ2v) is 8.64. The predicted octanol–water partition coefficient (Wildman–Crippen LogP) is 6.25. The van der Waals surface area contributed by atoms with Gasteiger partial charge in [-0.2, -0.15) is 4.98 Å². The van der Waals surface area contributed by atoms with Crippen molar-refractivity contribution in [1.29, 1.82) is 0 Å². The Bertz CT molecular complexity index is 1140. The number of benzene rings is 2. The largest absolute Gasteiger partial charge is 0.494 e. The average Bonchev–Trinajstić information content (AvgIpc) is 3.29. The van der Waals surface area contributed by atoms with Crippen LogP contribution in [0.4, 0.5) is 0 Å². The molecule has 172 valence electrons. The zero-order valence-electron chi connectivity index (χ0n) is 19.0. The third kappa shape index (κ3) is 5.04. The molecule has 33 heavy (non-hydrogen) atoms. The van der Waals surface area contributed by atoms with Crippen LogP contribution in [0.1, 0.15) is 51.1 Å². The van der Waals surface area contributed by atoms with E-state index < -0.39 is 0 Å². The Hall–Kier alpha value is -2.90. The number of rotatable bonds is 8.